The topological polar surface area (TPSA) is 39.1 Å². The molecule has 0 aliphatic heterocycles. The second-order valence-corrected chi connectivity index (χ2v) is 3.19. The third-order valence-corrected chi connectivity index (χ3v) is 1.75. The van der Waals surface area contributed by atoms with E-state index in [1.165, 1.54) is 0 Å². The van der Waals surface area contributed by atoms with Crippen LogP contribution in [0.25, 0.3) is 0 Å². The molecule has 3 heteroatoms. The molecular weight excluding hydrogens is 138 g/mol. The molecule has 0 aromatic carbocycles. The van der Waals surface area contributed by atoms with Gasteiger partial charge in [-0.05, 0) is 27.8 Å². The van der Waals surface area contributed by atoms with Gasteiger partial charge in [0, 0.05) is 18.6 Å². The number of rotatable bonds is 4. The van der Waals surface area contributed by atoms with Crippen LogP contribution in [0.1, 0.15) is 20.8 Å². The Labute approximate surface area is 69.0 Å². The summed E-state index contributed by atoms with van der Waals surface area (Å²) in [6.07, 6.45) is 1.94. The van der Waals surface area contributed by atoms with Gasteiger partial charge in [0.25, 0.3) is 0 Å². The number of nitriles is 1. The van der Waals surface area contributed by atoms with Crippen LogP contribution in [-0.4, -0.2) is 30.6 Å². The standard InChI is InChI=1S/C8H17N3/c1-7(2)11(4)5-8(3)10-6-9/h7-8,10H,5H2,1-4H3/t8-/m1/s1. The fourth-order valence-electron chi connectivity index (χ4n) is 0.799. The van der Waals surface area contributed by atoms with E-state index in [9.17, 15) is 0 Å². The highest BCUT2D eigenvalue weighted by Crippen LogP contribution is 1.94. The van der Waals surface area contributed by atoms with Crippen molar-refractivity contribution in [2.45, 2.75) is 32.9 Å². The molecule has 0 unspecified atom stereocenters. The first-order chi connectivity index (χ1) is 5.07. The molecule has 0 saturated carbocycles. The highest BCUT2D eigenvalue weighted by molar-refractivity contribution is 4.75. The van der Waals surface area contributed by atoms with Crippen molar-refractivity contribution in [2.24, 2.45) is 0 Å². The lowest BCUT2D eigenvalue weighted by molar-refractivity contribution is 0.254. The molecule has 0 aliphatic rings. The smallest absolute Gasteiger partial charge is 0.176 e. The summed E-state index contributed by atoms with van der Waals surface area (Å²) in [7, 11) is 2.06. The molecule has 0 radical (unpaired) electrons. The van der Waals surface area contributed by atoms with E-state index in [-0.39, 0.29) is 6.04 Å². The molecular formula is C8H17N3. The summed E-state index contributed by atoms with van der Waals surface area (Å²) in [5, 5.41) is 11.0. The van der Waals surface area contributed by atoms with E-state index in [0.717, 1.165) is 6.54 Å². The maximum atomic E-state index is 8.31. The van der Waals surface area contributed by atoms with Crippen molar-refractivity contribution in [1.82, 2.24) is 10.2 Å². The molecule has 0 aliphatic carbocycles. The second kappa shape index (κ2) is 4.97. The largest absolute Gasteiger partial charge is 0.320 e. The summed E-state index contributed by atoms with van der Waals surface area (Å²) in [6.45, 7) is 7.19. The average Bonchev–Trinajstić information content (AvgIpc) is 1.87. The quantitative estimate of drug-likeness (QED) is 0.482. The summed E-state index contributed by atoms with van der Waals surface area (Å²) in [6, 6.07) is 0.783. The minimum absolute atomic E-state index is 0.243. The number of likely N-dealkylation sites (N-methyl/N-ethyl adjacent to an activating group) is 1. The number of nitrogens with zero attached hydrogens (tertiary/aromatic N) is 2. The van der Waals surface area contributed by atoms with Crippen molar-refractivity contribution in [2.75, 3.05) is 13.6 Å². The van der Waals surface area contributed by atoms with Gasteiger partial charge in [-0.15, -0.1) is 0 Å². The number of nitrogens with one attached hydrogen (secondary N) is 1. The molecule has 0 aromatic heterocycles. The van der Waals surface area contributed by atoms with E-state index in [4.69, 9.17) is 5.26 Å². The zero-order valence-corrected chi connectivity index (χ0v) is 7.76. The van der Waals surface area contributed by atoms with Crippen molar-refractivity contribution >= 4 is 0 Å². The van der Waals surface area contributed by atoms with Crippen LogP contribution < -0.4 is 5.32 Å². The molecule has 0 rings (SSSR count). The summed E-state index contributed by atoms with van der Waals surface area (Å²) >= 11 is 0. The molecule has 0 amide bonds. The normalized spacial score (nSPS) is 13.2. The Morgan fingerprint density at radius 1 is 1.45 bits per heavy atom. The van der Waals surface area contributed by atoms with Gasteiger partial charge in [0.15, 0.2) is 6.19 Å². The fraction of sp³-hybridized carbons (Fsp3) is 0.875. The predicted octanol–water partition coefficient (Wildman–Crippen LogP) is 0.786. The van der Waals surface area contributed by atoms with Gasteiger partial charge in [0.05, 0.1) is 0 Å². The first-order valence-electron chi connectivity index (χ1n) is 3.92. The molecule has 0 spiro atoms. The molecule has 1 N–H and O–H groups in total. The highest BCUT2D eigenvalue weighted by Gasteiger charge is 2.07. The Kier molecular flexibility index (Phi) is 4.64. The summed E-state index contributed by atoms with van der Waals surface area (Å²) < 4.78 is 0. The lowest BCUT2D eigenvalue weighted by atomic mass is 10.2. The van der Waals surface area contributed by atoms with Crippen molar-refractivity contribution in [3.05, 3.63) is 0 Å². The predicted molar refractivity (Wildman–Crippen MR) is 46.0 cm³/mol. The fourth-order valence-corrected chi connectivity index (χ4v) is 0.799. The lowest BCUT2D eigenvalue weighted by Crippen LogP contribution is -2.38. The van der Waals surface area contributed by atoms with Crippen LogP contribution >= 0.6 is 0 Å². The maximum absolute atomic E-state index is 8.31. The summed E-state index contributed by atoms with van der Waals surface area (Å²) in [5.74, 6) is 0. The van der Waals surface area contributed by atoms with Gasteiger partial charge in [-0.3, -0.25) is 0 Å². The molecule has 3 nitrogen and oxygen atoms in total. The van der Waals surface area contributed by atoms with Crippen molar-refractivity contribution in [3.63, 3.8) is 0 Å². The molecule has 1 atom stereocenters. The first kappa shape index (κ1) is 10.2. The Morgan fingerprint density at radius 3 is 2.36 bits per heavy atom. The van der Waals surface area contributed by atoms with Gasteiger partial charge in [-0.25, -0.2) is 0 Å². The Morgan fingerprint density at radius 2 is 2.00 bits per heavy atom. The van der Waals surface area contributed by atoms with E-state index in [1.54, 1.807) is 0 Å². The van der Waals surface area contributed by atoms with Crippen molar-refractivity contribution < 1.29 is 0 Å². The van der Waals surface area contributed by atoms with Crippen LogP contribution in [-0.2, 0) is 0 Å². The minimum atomic E-state index is 0.243. The zero-order valence-electron chi connectivity index (χ0n) is 7.76. The van der Waals surface area contributed by atoms with Gasteiger partial charge in [0.2, 0.25) is 0 Å². The molecule has 0 saturated heterocycles. The van der Waals surface area contributed by atoms with Crippen LogP contribution in [0.5, 0.6) is 0 Å². The molecule has 64 valence electrons. The van der Waals surface area contributed by atoms with E-state index < -0.39 is 0 Å². The Hall–Kier alpha value is -0.750. The van der Waals surface area contributed by atoms with E-state index >= 15 is 0 Å². The minimum Gasteiger partial charge on any atom is -0.320 e. The Balaban J connectivity index is 3.58. The van der Waals surface area contributed by atoms with Crippen LogP contribution in [0.3, 0.4) is 0 Å². The summed E-state index contributed by atoms with van der Waals surface area (Å²) in [4.78, 5) is 2.20. The average molecular weight is 155 g/mol. The highest BCUT2D eigenvalue weighted by atomic mass is 15.1. The third-order valence-electron chi connectivity index (χ3n) is 1.75. The number of hydrogen-bond acceptors (Lipinski definition) is 3. The summed E-state index contributed by atoms with van der Waals surface area (Å²) in [5.41, 5.74) is 0. The van der Waals surface area contributed by atoms with E-state index in [0.29, 0.717) is 6.04 Å². The van der Waals surface area contributed by atoms with E-state index in [2.05, 4.69) is 31.1 Å². The van der Waals surface area contributed by atoms with Crippen LogP contribution in [0.2, 0.25) is 0 Å². The molecule has 0 heterocycles. The van der Waals surface area contributed by atoms with Crippen molar-refractivity contribution in [1.29, 1.82) is 5.26 Å². The SMILES string of the molecule is CC(C)N(C)C[C@@H](C)NC#N. The Bertz CT molecular complexity index is 137. The van der Waals surface area contributed by atoms with Gasteiger partial charge >= 0.3 is 0 Å². The van der Waals surface area contributed by atoms with Gasteiger partial charge in [-0.1, -0.05) is 0 Å². The zero-order chi connectivity index (χ0) is 8.85. The second-order valence-electron chi connectivity index (χ2n) is 3.19. The lowest BCUT2D eigenvalue weighted by Gasteiger charge is -2.23. The number of hydrogen-bond donors (Lipinski definition) is 1. The van der Waals surface area contributed by atoms with Gasteiger partial charge < -0.3 is 10.2 Å². The van der Waals surface area contributed by atoms with Crippen LogP contribution in [0, 0.1) is 11.5 Å². The van der Waals surface area contributed by atoms with E-state index in [1.807, 2.05) is 13.1 Å². The molecule has 0 fully saturated rings. The van der Waals surface area contributed by atoms with Crippen molar-refractivity contribution in [3.8, 4) is 6.19 Å². The van der Waals surface area contributed by atoms with Gasteiger partial charge in [-0.2, -0.15) is 5.26 Å². The molecule has 0 bridgehead atoms. The maximum Gasteiger partial charge on any atom is 0.176 e. The first-order valence-corrected chi connectivity index (χ1v) is 3.92. The van der Waals surface area contributed by atoms with Crippen LogP contribution in [0.4, 0.5) is 0 Å². The molecule has 0 aromatic rings. The monoisotopic (exact) mass is 155 g/mol. The molecule has 11 heavy (non-hydrogen) atoms. The third kappa shape index (κ3) is 4.63. The van der Waals surface area contributed by atoms with Gasteiger partial charge in [0.1, 0.15) is 0 Å². The van der Waals surface area contributed by atoms with Crippen LogP contribution in [0.15, 0.2) is 0 Å².